The van der Waals surface area contributed by atoms with Gasteiger partial charge in [0.25, 0.3) is 11.8 Å². The van der Waals surface area contributed by atoms with Crippen LogP contribution in [0.1, 0.15) is 143 Å². The smallest absolute Gasteiger partial charge is 0.410 e. The van der Waals surface area contributed by atoms with Crippen molar-refractivity contribution in [3.63, 3.8) is 0 Å². The zero-order chi connectivity index (χ0) is 72.7. The van der Waals surface area contributed by atoms with E-state index in [-0.39, 0.29) is 68.4 Å². The summed E-state index contributed by atoms with van der Waals surface area (Å²) < 4.78 is 17.8. The topological polar surface area (TPSA) is 347 Å². The van der Waals surface area contributed by atoms with E-state index in [1.54, 1.807) is 133 Å². The van der Waals surface area contributed by atoms with E-state index in [1.165, 1.54) is 38.3 Å². The number of nitrogens with one attached hydrogen (secondary N) is 6. The van der Waals surface area contributed by atoms with E-state index in [4.69, 9.17) is 19.9 Å². The van der Waals surface area contributed by atoms with Crippen molar-refractivity contribution in [3.8, 4) is 0 Å². The lowest BCUT2D eigenvalue weighted by Crippen LogP contribution is -2.60. The zero-order valence-corrected chi connectivity index (χ0v) is 59.3. The lowest BCUT2D eigenvalue weighted by molar-refractivity contribution is -0.148. The van der Waals surface area contributed by atoms with Gasteiger partial charge in [-0.1, -0.05) is 123 Å². The molecule has 5 rings (SSSR count). The number of amides is 12. The highest BCUT2D eigenvalue weighted by molar-refractivity contribution is 6.28. The molecule has 2 aliphatic heterocycles. The molecule has 538 valence electrons. The largest absolute Gasteiger partial charge is 0.445 e. The Bertz CT molecular complexity index is 3200. The Labute approximate surface area is 576 Å². The molecule has 98 heavy (non-hydrogen) atoms. The number of rotatable bonds is 37. The number of aliphatic hydroxyl groups is 1. The minimum absolute atomic E-state index is 0.0806. The number of likely N-dealkylation sites (tertiary alicyclic amines) is 1. The van der Waals surface area contributed by atoms with Crippen LogP contribution in [-0.2, 0) is 70.4 Å². The molecule has 26 nitrogen and oxygen atoms in total. The molecule has 0 aliphatic carbocycles. The lowest BCUT2D eigenvalue weighted by atomic mass is 9.89. The lowest BCUT2D eigenvalue weighted by Gasteiger charge is -2.41. The van der Waals surface area contributed by atoms with Crippen LogP contribution >= 0.6 is 0 Å². The molecule has 3 aromatic carbocycles. The van der Waals surface area contributed by atoms with Crippen LogP contribution in [0.25, 0.3) is 0 Å². The third kappa shape index (κ3) is 22.4. The Hall–Kier alpha value is -8.75. The second kappa shape index (κ2) is 38.4. The van der Waals surface area contributed by atoms with E-state index in [0.29, 0.717) is 61.2 Å². The standard InChI is InChI=1S/C72H105N11O15/c1-15-45(8)63(55(96-13)40-59(87)82-39-21-26-54(82)65(97-14)46(9)66(89)75-47(10)64(88)50-23-17-16-18-24-50)80(11)70(93)61(43(4)5)79-69(92)62(44(6)7)81(12)72(95)98-41-49-28-32-51(33-29-49)76-67(90)53(25-20-38-74-71(73)94)77-68(91)60(42(2)3)78-56(84)27-19-22-48-30-34-52(35-31-48)83-57(85)36-37-58(83)86/h16-18,23-24,28-37,42-47,53-55,60-65,88H,15,19-22,25-27,38-41H2,1-14H3,(H,75,89)(H,76,90)(H,77,91)(H,78,84)(H,79,92)(H3,73,74,94). The summed E-state index contributed by atoms with van der Waals surface area (Å²) in [6, 6.07) is 15.6. The number of aryl methyl sites for hydroxylation is 1. The third-order valence-electron chi connectivity index (χ3n) is 18.4. The fraction of sp³-hybridized carbons (Fsp3) is 0.569. The first-order valence-corrected chi connectivity index (χ1v) is 34.0. The Morgan fingerprint density at radius 2 is 1.32 bits per heavy atom. The second-order valence-electron chi connectivity index (χ2n) is 26.7. The number of carbonyl (C=O) groups excluding carboxylic acids is 11. The van der Waals surface area contributed by atoms with Gasteiger partial charge in [0.15, 0.2) is 0 Å². The highest BCUT2D eigenvalue weighted by atomic mass is 16.6. The highest BCUT2D eigenvalue weighted by Gasteiger charge is 2.44. The molecule has 2 aliphatic rings. The van der Waals surface area contributed by atoms with E-state index < -0.39 is 126 Å². The van der Waals surface area contributed by atoms with Gasteiger partial charge in [-0.3, -0.25) is 48.1 Å². The number of primary amides is 1. The van der Waals surface area contributed by atoms with E-state index in [0.717, 1.165) is 10.5 Å². The molecular formula is C72H105N11O15. The van der Waals surface area contributed by atoms with Gasteiger partial charge in [-0.2, -0.15) is 0 Å². The fourth-order valence-corrected chi connectivity index (χ4v) is 12.6. The van der Waals surface area contributed by atoms with E-state index in [9.17, 15) is 57.8 Å². The molecule has 12 amide bonds. The Morgan fingerprint density at radius 3 is 1.89 bits per heavy atom. The van der Waals surface area contributed by atoms with Gasteiger partial charge in [-0.15, -0.1) is 0 Å². The molecule has 9 N–H and O–H groups in total. The summed E-state index contributed by atoms with van der Waals surface area (Å²) >= 11 is 0. The first-order valence-electron chi connectivity index (χ1n) is 34.0. The van der Waals surface area contributed by atoms with Gasteiger partial charge in [0.05, 0.1) is 54.5 Å². The SMILES string of the molecule is CCC(C)C(C(CC(=O)N1CCCC1C(OC)C(C)C(=O)NC(C)C(O)c1ccccc1)OC)N(C)C(=O)C(NC(=O)C(C(C)C)N(C)C(=O)OCc1ccc(NC(=O)C(CCCNC(N)=O)NC(=O)C(NC(=O)CCCc2ccc(N3C(=O)C=CC3=O)cc2)C(C)C)cc1)C(C)C. The zero-order valence-electron chi connectivity index (χ0n) is 59.3. The summed E-state index contributed by atoms with van der Waals surface area (Å²) in [5.41, 5.74) is 8.10. The molecule has 1 saturated heterocycles. The second-order valence-corrected chi connectivity index (χ2v) is 26.7. The van der Waals surface area contributed by atoms with Crippen LogP contribution in [0.4, 0.5) is 21.0 Å². The third-order valence-corrected chi connectivity index (χ3v) is 18.4. The average Bonchev–Trinajstić information content (AvgIpc) is 1.40. The van der Waals surface area contributed by atoms with Crippen LogP contribution in [-0.4, -0.2) is 181 Å². The molecule has 12 unspecified atom stereocenters. The summed E-state index contributed by atoms with van der Waals surface area (Å²) in [5.74, 6) is -6.13. The van der Waals surface area contributed by atoms with Crippen molar-refractivity contribution in [1.82, 2.24) is 41.3 Å². The molecule has 0 aromatic heterocycles. The maximum atomic E-state index is 14.8. The molecule has 12 atom stereocenters. The number of carbonyl (C=O) groups is 11. The van der Waals surface area contributed by atoms with Gasteiger partial charge in [0, 0.05) is 65.7 Å². The Balaban J connectivity index is 1.17. The number of nitrogens with two attached hydrogens (primary N) is 1. The monoisotopic (exact) mass is 1360 g/mol. The van der Waals surface area contributed by atoms with E-state index in [2.05, 4.69) is 31.9 Å². The average molecular weight is 1360 g/mol. The van der Waals surface area contributed by atoms with Gasteiger partial charge in [0.1, 0.15) is 30.8 Å². The number of likely N-dealkylation sites (N-methyl/N-ethyl adjacent to an activating group) is 2. The summed E-state index contributed by atoms with van der Waals surface area (Å²) in [5, 5.41) is 27.7. The normalized spacial score (nSPS) is 17.1. The number of methoxy groups -OCH3 is 2. The van der Waals surface area contributed by atoms with Crippen LogP contribution < -0.4 is 42.5 Å². The molecule has 0 radical (unpaired) electrons. The number of aliphatic hydroxyl groups excluding tert-OH is 1. The predicted octanol–water partition coefficient (Wildman–Crippen LogP) is 6.04. The molecule has 2 heterocycles. The van der Waals surface area contributed by atoms with Gasteiger partial charge < -0.3 is 66.8 Å². The molecule has 0 bridgehead atoms. The number of ether oxygens (including phenoxy) is 3. The predicted molar refractivity (Wildman–Crippen MR) is 370 cm³/mol. The molecular weight excluding hydrogens is 1260 g/mol. The molecule has 26 heteroatoms. The van der Waals surface area contributed by atoms with Crippen LogP contribution in [0.5, 0.6) is 0 Å². The van der Waals surface area contributed by atoms with Crippen molar-refractivity contribution in [2.24, 2.45) is 35.3 Å². The summed E-state index contributed by atoms with van der Waals surface area (Å²) in [7, 11) is 6.08. The van der Waals surface area contributed by atoms with Crippen molar-refractivity contribution >= 4 is 76.7 Å². The van der Waals surface area contributed by atoms with Gasteiger partial charge in [-0.25, -0.2) is 14.5 Å². The molecule has 0 spiro atoms. The van der Waals surface area contributed by atoms with Gasteiger partial charge >= 0.3 is 12.1 Å². The number of anilines is 2. The number of hydrogen-bond acceptors (Lipinski definition) is 15. The van der Waals surface area contributed by atoms with Crippen LogP contribution in [0, 0.1) is 29.6 Å². The van der Waals surface area contributed by atoms with Crippen molar-refractivity contribution in [2.75, 3.05) is 51.6 Å². The van der Waals surface area contributed by atoms with E-state index in [1.807, 2.05) is 32.0 Å². The van der Waals surface area contributed by atoms with Gasteiger partial charge in [-0.05, 0) is 110 Å². The van der Waals surface area contributed by atoms with Crippen molar-refractivity contribution in [1.29, 1.82) is 0 Å². The van der Waals surface area contributed by atoms with Crippen LogP contribution in [0.3, 0.4) is 0 Å². The Morgan fingerprint density at radius 1 is 0.694 bits per heavy atom. The number of urea groups is 1. The molecule has 3 aromatic rings. The molecule has 1 fully saturated rings. The van der Waals surface area contributed by atoms with Gasteiger partial charge in [0.2, 0.25) is 41.4 Å². The first-order chi connectivity index (χ1) is 46.4. The Kier molecular flexibility index (Phi) is 31.3. The minimum Gasteiger partial charge on any atom is -0.445 e. The van der Waals surface area contributed by atoms with Crippen molar-refractivity contribution in [3.05, 3.63) is 108 Å². The number of benzene rings is 3. The van der Waals surface area contributed by atoms with Crippen LogP contribution in [0.15, 0.2) is 91.0 Å². The number of nitrogens with zero attached hydrogens (tertiary/aromatic N) is 4. The maximum absolute atomic E-state index is 14.8. The van der Waals surface area contributed by atoms with Crippen molar-refractivity contribution in [2.45, 2.75) is 194 Å². The molecule has 0 saturated carbocycles. The fourth-order valence-electron chi connectivity index (χ4n) is 12.6. The maximum Gasteiger partial charge on any atom is 0.410 e. The quantitative estimate of drug-likeness (QED) is 0.0241. The summed E-state index contributed by atoms with van der Waals surface area (Å²) in [6.45, 7) is 18.4. The van der Waals surface area contributed by atoms with Crippen molar-refractivity contribution < 1.29 is 72.1 Å². The van der Waals surface area contributed by atoms with E-state index >= 15 is 0 Å². The minimum atomic E-state index is -1.12. The summed E-state index contributed by atoms with van der Waals surface area (Å²) in [6.07, 6.45) is 2.33. The highest BCUT2D eigenvalue weighted by Crippen LogP contribution is 2.31. The first kappa shape index (κ1) is 79.9. The number of hydrogen-bond donors (Lipinski definition) is 8. The number of imide groups is 1. The summed E-state index contributed by atoms with van der Waals surface area (Å²) in [4.78, 5) is 153. The van der Waals surface area contributed by atoms with Crippen LogP contribution in [0.2, 0.25) is 0 Å².